The van der Waals surface area contributed by atoms with Gasteiger partial charge >= 0.3 is 0 Å². The molecule has 79 heavy (non-hydrogen) atoms. The van der Waals surface area contributed by atoms with Crippen molar-refractivity contribution in [3.63, 3.8) is 0 Å². The summed E-state index contributed by atoms with van der Waals surface area (Å²) in [7, 11) is 1.65. The van der Waals surface area contributed by atoms with Crippen LogP contribution in [-0.2, 0) is 52.1 Å². The average molecular weight is 1070 g/mol. The SMILES string of the molecule is Cn1cc(-c2cccc(-n3ccc4cc(C5CC5)cc(F)c4c3=O)c2CO)cc(Nc2ccc(N3CCN(CCOCCn4cc(CCOCCCc5cccc6c5C(=O)N(C5CCC(=O)NC5=O)C6=O)nn4)CC3)cn2)c1=O. The van der Waals surface area contributed by atoms with Gasteiger partial charge in [0.1, 0.15) is 23.4 Å². The van der Waals surface area contributed by atoms with E-state index in [0.29, 0.717) is 103 Å². The fourth-order valence-electron chi connectivity index (χ4n) is 10.8. The van der Waals surface area contributed by atoms with Crippen LogP contribution in [0.25, 0.3) is 27.6 Å². The van der Waals surface area contributed by atoms with Gasteiger partial charge in [-0.1, -0.05) is 35.5 Å². The van der Waals surface area contributed by atoms with Gasteiger partial charge in [0.15, 0.2) is 0 Å². The molecule has 7 aromatic rings. The van der Waals surface area contributed by atoms with Gasteiger partial charge < -0.3 is 29.4 Å². The van der Waals surface area contributed by atoms with E-state index in [1.807, 2.05) is 36.5 Å². The van der Waals surface area contributed by atoms with E-state index in [9.17, 15) is 33.9 Å². The number of hydrogen-bond acceptors (Lipinski definition) is 15. The molecule has 0 bridgehead atoms. The van der Waals surface area contributed by atoms with Crippen molar-refractivity contribution in [1.29, 1.82) is 0 Å². The largest absolute Gasteiger partial charge is 0.392 e. The summed E-state index contributed by atoms with van der Waals surface area (Å²) in [6.07, 6.45) is 10.9. The number of fused-ring (bicyclic) bond motifs is 2. The van der Waals surface area contributed by atoms with Crippen molar-refractivity contribution in [2.45, 2.75) is 70.1 Å². The molecule has 4 aliphatic rings. The normalized spacial score (nSPS) is 16.8. The highest BCUT2D eigenvalue weighted by Crippen LogP contribution is 2.41. The smallest absolute Gasteiger partial charge is 0.274 e. The molecular weight excluding hydrogens is 1010 g/mol. The van der Waals surface area contributed by atoms with E-state index in [4.69, 9.17) is 9.47 Å². The molecule has 1 aliphatic carbocycles. The molecule has 408 valence electrons. The monoisotopic (exact) mass is 1070 g/mol. The van der Waals surface area contributed by atoms with E-state index in [0.717, 1.165) is 67.4 Å². The molecule has 11 rings (SSSR count). The number of nitrogens with zero attached hydrogens (tertiary/aromatic N) is 9. The maximum absolute atomic E-state index is 15.4. The number of rotatable bonds is 21. The highest BCUT2D eigenvalue weighted by Gasteiger charge is 2.45. The number of pyridine rings is 3. The molecule has 3 fully saturated rings. The van der Waals surface area contributed by atoms with Crippen molar-refractivity contribution in [1.82, 2.24) is 44.2 Å². The number of piperazine rings is 1. The molecule has 0 spiro atoms. The molecule has 4 aromatic heterocycles. The number of piperidine rings is 1. The van der Waals surface area contributed by atoms with Crippen molar-refractivity contribution in [3.05, 3.63) is 158 Å². The molecule has 2 saturated heterocycles. The number of amides is 4. The van der Waals surface area contributed by atoms with Crippen LogP contribution in [0.2, 0.25) is 0 Å². The average Bonchev–Trinajstić information content (AvgIpc) is 4.30. The predicted molar refractivity (Wildman–Crippen MR) is 291 cm³/mol. The quantitative estimate of drug-likeness (QED) is 0.0634. The molecule has 1 saturated carbocycles. The Morgan fingerprint density at radius 1 is 0.810 bits per heavy atom. The van der Waals surface area contributed by atoms with E-state index in [1.54, 1.807) is 66.7 Å². The number of aromatic nitrogens is 6. The molecule has 21 heteroatoms. The number of aliphatic hydroxyl groups is 1. The topological polar surface area (TPSA) is 228 Å². The maximum Gasteiger partial charge on any atom is 0.274 e. The van der Waals surface area contributed by atoms with Crippen LogP contribution in [0.4, 0.5) is 21.6 Å². The number of carbonyl (C=O) groups excluding carboxylic acids is 4. The molecule has 4 amide bonds. The van der Waals surface area contributed by atoms with Gasteiger partial charge in [-0.15, -0.1) is 5.10 Å². The predicted octanol–water partition coefficient (Wildman–Crippen LogP) is 5.03. The first-order chi connectivity index (χ1) is 38.4. The second kappa shape index (κ2) is 23.0. The summed E-state index contributed by atoms with van der Waals surface area (Å²) in [5, 5.41) is 25.2. The lowest BCUT2D eigenvalue weighted by atomic mass is 9.98. The summed E-state index contributed by atoms with van der Waals surface area (Å²) in [6, 6.07) is 20.0. The fourth-order valence-corrected chi connectivity index (χ4v) is 10.8. The van der Waals surface area contributed by atoms with E-state index < -0.39 is 47.7 Å². The standard InChI is InChI=1S/C58H60FN11O9/c1-65-33-40(43-7-3-9-48(45(43)35-71)69-18-16-38-29-39(36-10-11-36)30-46(59)53(38)57(69)76)31-47(56(65)75)61-50-14-12-42(32-60-50)67-21-19-66(20-22-67)23-27-79-28-24-68-34-41(63-64-68)17-26-78-25-4-6-37-5-2-8-44-52(37)58(77)70(55(44)74)49-13-15-51(72)62-54(49)73/h2-3,5,7-9,12,14,16,18,29-34,36,49,71H,4,6,10-11,13,15,17,19-28,35H2,1H3,(H,60,61)(H,62,72,73). The number of anilines is 3. The Hall–Kier alpha value is -8.24. The van der Waals surface area contributed by atoms with Gasteiger partial charge in [0.2, 0.25) is 11.8 Å². The van der Waals surface area contributed by atoms with Crippen LogP contribution in [0.1, 0.15) is 81.1 Å². The van der Waals surface area contributed by atoms with Crippen molar-refractivity contribution in [2.75, 3.05) is 69.4 Å². The molecule has 0 radical (unpaired) electrons. The molecule has 7 heterocycles. The summed E-state index contributed by atoms with van der Waals surface area (Å²) < 4.78 is 31.8. The first-order valence-corrected chi connectivity index (χ1v) is 26.8. The van der Waals surface area contributed by atoms with Crippen LogP contribution in [-0.4, -0.2) is 133 Å². The van der Waals surface area contributed by atoms with Crippen molar-refractivity contribution < 1.29 is 38.1 Å². The van der Waals surface area contributed by atoms with E-state index in [2.05, 4.69) is 35.7 Å². The summed E-state index contributed by atoms with van der Waals surface area (Å²) in [5.74, 6) is -1.81. The van der Waals surface area contributed by atoms with E-state index in [1.165, 1.54) is 15.2 Å². The fraction of sp³-hybridized carbons (Fsp3) is 0.362. The zero-order chi connectivity index (χ0) is 54.7. The van der Waals surface area contributed by atoms with Gasteiger partial charge in [0.05, 0.1) is 72.8 Å². The number of ether oxygens (including phenoxy) is 2. The number of aliphatic hydroxyl groups excluding tert-OH is 1. The third-order valence-electron chi connectivity index (χ3n) is 15.2. The number of carbonyl (C=O) groups is 4. The van der Waals surface area contributed by atoms with E-state index >= 15 is 4.39 Å². The number of nitrogens with one attached hydrogen (secondary N) is 2. The molecule has 3 aliphatic heterocycles. The number of imide groups is 2. The van der Waals surface area contributed by atoms with Crippen LogP contribution in [0, 0.1) is 5.82 Å². The Morgan fingerprint density at radius 2 is 1.61 bits per heavy atom. The summed E-state index contributed by atoms with van der Waals surface area (Å²) in [4.78, 5) is 88.1. The van der Waals surface area contributed by atoms with Crippen LogP contribution in [0.15, 0.2) is 107 Å². The minimum atomic E-state index is -1.00. The Morgan fingerprint density at radius 3 is 2.39 bits per heavy atom. The van der Waals surface area contributed by atoms with Gasteiger partial charge in [-0.05, 0) is 103 Å². The highest BCUT2D eigenvalue weighted by molar-refractivity contribution is 6.24. The third kappa shape index (κ3) is 11.2. The minimum absolute atomic E-state index is 0.0000320. The second-order valence-electron chi connectivity index (χ2n) is 20.4. The van der Waals surface area contributed by atoms with E-state index in [-0.39, 0.29) is 35.0 Å². The number of hydrogen-bond donors (Lipinski definition) is 3. The van der Waals surface area contributed by atoms with Gasteiger partial charge in [-0.25, -0.2) is 14.1 Å². The molecule has 20 nitrogen and oxygen atoms in total. The highest BCUT2D eigenvalue weighted by atomic mass is 19.1. The number of aryl methyl sites for hydroxylation is 2. The van der Waals surface area contributed by atoms with Crippen LogP contribution < -0.4 is 26.7 Å². The first kappa shape index (κ1) is 52.8. The maximum atomic E-state index is 15.4. The Bertz CT molecular complexity index is 3600. The lowest BCUT2D eigenvalue weighted by Crippen LogP contribution is -2.54. The first-order valence-electron chi connectivity index (χ1n) is 26.8. The number of benzene rings is 3. The second-order valence-corrected chi connectivity index (χ2v) is 20.4. The molecular formula is C58H60FN11O9. The summed E-state index contributed by atoms with van der Waals surface area (Å²) in [5.41, 5.74) is 5.54. The summed E-state index contributed by atoms with van der Waals surface area (Å²) in [6.45, 7) is 6.19. The van der Waals surface area contributed by atoms with Crippen LogP contribution >= 0.6 is 0 Å². The van der Waals surface area contributed by atoms with Crippen LogP contribution in [0.5, 0.6) is 0 Å². The Kier molecular flexibility index (Phi) is 15.4. The molecule has 3 N–H and O–H groups in total. The lowest BCUT2D eigenvalue weighted by molar-refractivity contribution is -0.136. The number of halogens is 1. The van der Waals surface area contributed by atoms with Crippen molar-refractivity contribution in [3.8, 4) is 16.8 Å². The zero-order valence-corrected chi connectivity index (χ0v) is 43.7. The third-order valence-corrected chi connectivity index (χ3v) is 15.2. The van der Waals surface area contributed by atoms with Gasteiger partial charge in [0.25, 0.3) is 22.9 Å². The molecule has 1 unspecified atom stereocenters. The van der Waals surface area contributed by atoms with Crippen LogP contribution in [0.3, 0.4) is 0 Å². The Balaban J connectivity index is 0.600. The van der Waals surface area contributed by atoms with Gasteiger partial charge in [-0.2, -0.15) is 0 Å². The minimum Gasteiger partial charge on any atom is -0.392 e. The zero-order valence-electron chi connectivity index (χ0n) is 43.7. The molecule has 3 aromatic carbocycles. The summed E-state index contributed by atoms with van der Waals surface area (Å²) >= 11 is 0. The molecule has 1 atom stereocenters. The van der Waals surface area contributed by atoms with Gasteiger partial charge in [-0.3, -0.25) is 48.5 Å². The van der Waals surface area contributed by atoms with Crippen molar-refractivity contribution >= 4 is 51.6 Å². The lowest BCUT2D eigenvalue weighted by Gasteiger charge is -2.35. The Labute approximate surface area is 453 Å². The van der Waals surface area contributed by atoms with Crippen molar-refractivity contribution in [2.24, 2.45) is 7.05 Å². The van der Waals surface area contributed by atoms with Gasteiger partial charge in [0, 0.05) is 88.9 Å².